The van der Waals surface area contributed by atoms with Gasteiger partial charge >= 0.3 is 0 Å². The number of ether oxygens (including phenoxy) is 2. The van der Waals surface area contributed by atoms with Crippen molar-refractivity contribution in [1.29, 1.82) is 0 Å². The van der Waals surface area contributed by atoms with Crippen molar-refractivity contribution < 1.29 is 14.6 Å². The second-order valence-electron chi connectivity index (χ2n) is 4.98. The number of aliphatic hydroxyl groups excluding tert-OH is 1. The number of benzene rings is 1. The fourth-order valence-electron chi connectivity index (χ4n) is 2.14. The van der Waals surface area contributed by atoms with Gasteiger partial charge < -0.3 is 19.9 Å². The Balaban J connectivity index is 1.89. The van der Waals surface area contributed by atoms with Crippen molar-refractivity contribution >= 4 is 0 Å². The van der Waals surface area contributed by atoms with Gasteiger partial charge in [0.2, 0.25) is 6.79 Å². The lowest BCUT2D eigenvalue weighted by atomic mass is 9.92. The van der Waals surface area contributed by atoms with Crippen LogP contribution in [0.1, 0.15) is 25.3 Å². The van der Waals surface area contributed by atoms with Crippen LogP contribution < -0.4 is 14.8 Å². The molecule has 4 nitrogen and oxygen atoms in total. The van der Waals surface area contributed by atoms with Crippen molar-refractivity contribution in [2.24, 2.45) is 0 Å². The first-order valence-corrected chi connectivity index (χ1v) is 6.00. The highest BCUT2D eigenvalue weighted by Crippen LogP contribution is 2.36. The summed E-state index contributed by atoms with van der Waals surface area (Å²) in [6, 6.07) is 6.38. The van der Waals surface area contributed by atoms with Gasteiger partial charge in [-0.3, -0.25) is 0 Å². The van der Waals surface area contributed by atoms with Gasteiger partial charge in [-0.2, -0.15) is 0 Å². The van der Waals surface area contributed by atoms with Gasteiger partial charge in [0, 0.05) is 6.04 Å². The van der Waals surface area contributed by atoms with Gasteiger partial charge in [0.15, 0.2) is 11.5 Å². The molecular weight excluding hydrogens is 218 g/mol. The molecule has 2 aliphatic rings. The molecule has 1 aliphatic carbocycles. The van der Waals surface area contributed by atoms with Crippen molar-refractivity contribution in [3.8, 4) is 11.5 Å². The van der Waals surface area contributed by atoms with Crippen LogP contribution in [0, 0.1) is 0 Å². The normalized spacial score (nSPS) is 21.3. The minimum Gasteiger partial charge on any atom is -0.454 e. The van der Waals surface area contributed by atoms with Crippen molar-refractivity contribution in [2.45, 2.75) is 31.3 Å². The summed E-state index contributed by atoms with van der Waals surface area (Å²) in [5.41, 5.74) is 0.637. The van der Waals surface area contributed by atoms with Gasteiger partial charge in [-0.15, -0.1) is 0 Å². The molecule has 1 fully saturated rings. The van der Waals surface area contributed by atoms with E-state index in [0.717, 1.165) is 17.1 Å². The standard InChI is InChI=1S/C13H17NO3/c1-13(7-15,14-10-3-4-10)9-2-5-11-12(6-9)17-8-16-11/h2,5-6,10,14-15H,3-4,7-8H2,1H3. The van der Waals surface area contributed by atoms with Gasteiger partial charge in [0.1, 0.15) is 0 Å². The number of fused-ring (bicyclic) bond motifs is 1. The molecule has 0 radical (unpaired) electrons. The van der Waals surface area contributed by atoms with Crippen LogP contribution in [0.3, 0.4) is 0 Å². The van der Waals surface area contributed by atoms with Crippen LogP contribution in [0.4, 0.5) is 0 Å². The topological polar surface area (TPSA) is 50.7 Å². The molecule has 1 atom stereocenters. The molecule has 0 saturated heterocycles. The van der Waals surface area contributed by atoms with Crippen LogP contribution in [-0.4, -0.2) is 24.5 Å². The first-order valence-electron chi connectivity index (χ1n) is 6.00. The molecule has 1 aromatic carbocycles. The number of aliphatic hydroxyl groups is 1. The lowest BCUT2D eigenvalue weighted by Crippen LogP contribution is -2.44. The van der Waals surface area contributed by atoms with Crippen LogP contribution in [0.2, 0.25) is 0 Å². The SMILES string of the molecule is CC(CO)(NC1CC1)c1ccc2c(c1)OCO2. The highest BCUT2D eigenvalue weighted by Gasteiger charge is 2.34. The van der Waals surface area contributed by atoms with Gasteiger partial charge in [0.05, 0.1) is 12.1 Å². The summed E-state index contributed by atoms with van der Waals surface area (Å²) in [6.45, 7) is 2.37. The lowest BCUT2D eigenvalue weighted by molar-refractivity contribution is 0.170. The third-order valence-corrected chi connectivity index (χ3v) is 3.43. The highest BCUT2D eigenvalue weighted by atomic mass is 16.7. The first-order chi connectivity index (χ1) is 8.21. The summed E-state index contributed by atoms with van der Waals surface area (Å²) in [5.74, 6) is 1.54. The molecule has 1 aliphatic heterocycles. The van der Waals surface area contributed by atoms with Crippen LogP contribution in [0.5, 0.6) is 11.5 Å². The molecule has 17 heavy (non-hydrogen) atoms. The largest absolute Gasteiger partial charge is 0.454 e. The van der Waals surface area contributed by atoms with Crippen LogP contribution in [0.25, 0.3) is 0 Å². The third kappa shape index (κ3) is 1.98. The van der Waals surface area contributed by atoms with E-state index in [-0.39, 0.29) is 13.4 Å². The minimum atomic E-state index is -0.401. The fraction of sp³-hybridized carbons (Fsp3) is 0.538. The fourth-order valence-corrected chi connectivity index (χ4v) is 2.14. The summed E-state index contributed by atoms with van der Waals surface area (Å²) in [7, 11) is 0. The van der Waals surface area contributed by atoms with Gasteiger partial charge in [-0.25, -0.2) is 0 Å². The second-order valence-corrected chi connectivity index (χ2v) is 4.98. The first kappa shape index (κ1) is 10.9. The zero-order chi connectivity index (χ0) is 11.9. The predicted molar refractivity (Wildman–Crippen MR) is 63.2 cm³/mol. The van der Waals surface area contributed by atoms with Crippen LogP contribution in [0.15, 0.2) is 18.2 Å². The zero-order valence-electron chi connectivity index (χ0n) is 9.90. The average Bonchev–Trinajstić information content (AvgIpc) is 3.02. The van der Waals surface area contributed by atoms with Gasteiger partial charge in [-0.1, -0.05) is 6.07 Å². The van der Waals surface area contributed by atoms with Crippen molar-refractivity contribution in [3.63, 3.8) is 0 Å². The summed E-state index contributed by atoms with van der Waals surface area (Å²) in [4.78, 5) is 0. The van der Waals surface area contributed by atoms with E-state index in [2.05, 4.69) is 5.32 Å². The van der Waals surface area contributed by atoms with E-state index in [4.69, 9.17) is 9.47 Å². The van der Waals surface area contributed by atoms with E-state index in [1.807, 2.05) is 25.1 Å². The molecule has 0 aromatic heterocycles. The molecule has 92 valence electrons. The van der Waals surface area contributed by atoms with E-state index in [0.29, 0.717) is 6.04 Å². The highest BCUT2D eigenvalue weighted by molar-refractivity contribution is 5.46. The van der Waals surface area contributed by atoms with E-state index in [9.17, 15) is 5.11 Å². The third-order valence-electron chi connectivity index (χ3n) is 3.43. The molecule has 0 spiro atoms. The quantitative estimate of drug-likeness (QED) is 0.827. The van der Waals surface area contributed by atoms with Crippen LogP contribution >= 0.6 is 0 Å². The van der Waals surface area contributed by atoms with Gasteiger partial charge in [0.25, 0.3) is 0 Å². The molecule has 1 unspecified atom stereocenters. The number of hydrogen-bond acceptors (Lipinski definition) is 4. The monoisotopic (exact) mass is 235 g/mol. The van der Waals surface area contributed by atoms with Crippen molar-refractivity contribution in [2.75, 3.05) is 13.4 Å². The Morgan fingerprint density at radius 1 is 1.35 bits per heavy atom. The number of rotatable bonds is 4. The van der Waals surface area contributed by atoms with E-state index in [1.165, 1.54) is 12.8 Å². The van der Waals surface area contributed by atoms with Crippen molar-refractivity contribution in [3.05, 3.63) is 23.8 Å². The molecule has 1 heterocycles. The molecule has 4 heteroatoms. The maximum Gasteiger partial charge on any atom is 0.231 e. The van der Waals surface area contributed by atoms with Crippen molar-refractivity contribution in [1.82, 2.24) is 5.32 Å². The Labute approximate surface area is 101 Å². The predicted octanol–water partition coefficient (Wildman–Crippen LogP) is 1.37. The molecule has 3 rings (SSSR count). The maximum atomic E-state index is 9.63. The summed E-state index contributed by atoms with van der Waals surface area (Å²) >= 11 is 0. The zero-order valence-corrected chi connectivity index (χ0v) is 9.90. The van der Waals surface area contributed by atoms with E-state index in [1.54, 1.807) is 0 Å². The Kier molecular flexibility index (Phi) is 2.49. The van der Waals surface area contributed by atoms with E-state index < -0.39 is 5.54 Å². The van der Waals surface area contributed by atoms with E-state index >= 15 is 0 Å². The van der Waals surface area contributed by atoms with Gasteiger partial charge in [-0.05, 0) is 37.5 Å². The molecule has 0 amide bonds. The molecular formula is C13H17NO3. The average molecular weight is 235 g/mol. The number of nitrogens with one attached hydrogen (secondary N) is 1. The molecule has 1 saturated carbocycles. The summed E-state index contributed by atoms with van der Waals surface area (Å²) < 4.78 is 10.7. The Hall–Kier alpha value is -1.26. The molecule has 1 aromatic rings. The second kappa shape index (κ2) is 3.89. The van der Waals surface area contributed by atoms with Crippen LogP contribution in [-0.2, 0) is 5.54 Å². The Morgan fingerprint density at radius 3 is 2.82 bits per heavy atom. The Morgan fingerprint density at radius 2 is 2.12 bits per heavy atom. The summed E-state index contributed by atoms with van der Waals surface area (Å²) in [6.07, 6.45) is 2.39. The Bertz CT molecular complexity index is 431. The smallest absolute Gasteiger partial charge is 0.231 e. The molecule has 2 N–H and O–H groups in total. The minimum absolute atomic E-state index is 0.0726. The lowest BCUT2D eigenvalue weighted by Gasteiger charge is -2.29. The number of hydrogen-bond donors (Lipinski definition) is 2. The molecule has 0 bridgehead atoms. The summed E-state index contributed by atoms with van der Waals surface area (Å²) in [5, 5.41) is 13.1. The maximum absolute atomic E-state index is 9.63.